The molecule has 0 radical (unpaired) electrons. The Morgan fingerprint density at radius 3 is 2.57 bits per heavy atom. The Labute approximate surface area is 165 Å². The number of aromatic nitrogens is 2. The van der Waals surface area contributed by atoms with Gasteiger partial charge in [0.1, 0.15) is 0 Å². The Bertz CT molecular complexity index is 1020. The van der Waals surface area contributed by atoms with Gasteiger partial charge >= 0.3 is 0 Å². The Balaban J connectivity index is 1.87. The number of benzene rings is 1. The molecule has 0 unspecified atom stereocenters. The van der Waals surface area contributed by atoms with Crippen molar-refractivity contribution in [2.75, 3.05) is 11.9 Å². The van der Waals surface area contributed by atoms with Gasteiger partial charge in [0.15, 0.2) is 5.69 Å². The zero-order chi connectivity index (χ0) is 20.3. The molecule has 3 rings (SSSR count). The van der Waals surface area contributed by atoms with Crippen LogP contribution >= 0.6 is 0 Å². The van der Waals surface area contributed by atoms with Crippen LogP contribution in [0.3, 0.4) is 0 Å². The number of fused-ring (bicyclic) bond motifs is 1. The number of pyridine rings is 1. The van der Waals surface area contributed by atoms with Gasteiger partial charge in [-0.25, -0.2) is 4.98 Å². The predicted molar refractivity (Wildman–Crippen MR) is 111 cm³/mol. The van der Waals surface area contributed by atoms with Gasteiger partial charge in [-0.2, -0.15) is 0 Å². The number of nitrogens with zero attached hydrogens (tertiary/aromatic N) is 2. The van der Waals surface area contributed by atoms with Crippen LogP contribution in [0.5, 0.6) is 0 Å². The average molecular weight is 378 g/mol. The molecule has 28 heavy (non-hydrogen) atoms. The van der Waals surface area contributed by atoms with Crippen LogP contribution in [0.1, 0.15) is 52.5 Å². The van der Waals surface area contributed by atoms with Crippen LogP contribution in [0.2, 0.25) is 0 Å². The maximum absolute atomic E-state index is 12.8. The third-order valence-corrected chi connectivity index (χ3v) is 4.74. The number of imidazole rings is 1. The van der Waals surface area contributed by atoms with E-state index < -0.39 is 0 Å². The third-order valence-electron chi connectivity index (χ3n) is 4.74. The molecule has 0 atom stereocenters. The summed E-state index contributed by atoms with van der Waals surface area (Å²) < 4.78 is 1.65. The van der Waals surface area contributed by atoms with Crippen LogP contribution in [0.25, 0.3) is 5.52 Å². The van der Waals surface area contributed by atoms with Gasteiger partial charge in [-0.3, -0.25) is 14.0 Å². The van der Waals surface area contributed by atoms with Crippen LogP contribution in [0.4, 0.5) is 5.69 Å². The highest BCUT2D eigenvalue weighted by Gasteiger charge is 2.21. The topological polar surface area (TPSA) is 75.5 Å². The van der Waals surface area contributed by atoms with Crippen molar-refractivity contribution < 1.29 is 9.59 Å². The lowest BCUT2D eigenvalue weighted by molar-refractivity contribution is 0.0949. The largest absolute Gasteiger partial charge is 0.351 e. The van der Waals surface area contributed by atoms with Crippen LogP contribution in [0.15, 0.2) is 42.6 Å². The second kappa shape index (κ2) is 8.25. The van der Waals surface area contributed by atoms with E-state index in [0.717, 1.165) is 17.5 Å². The first-order chi connectivity index (χ1) is 13.4. The number of anilines is 1. The highest BCUT2D eigenvalue weighted by Crippen LogP contribution is 2.17. The first-order valence-electron chi connectivity index (χ1n) is 9.50. The summed E-state index contributed by atoms with van der Waals surface area (Å²) in [4.78, 5) is 29.8. The van der Waals surface area contributed by atoms with Gasteiger partial charge in [-0.05, 0) is 61.6 Å². The van der Waals surface area contributed by atoms with Gasteiger partial charge in [0, 0.05) is 18.4 Å². The van der Waals surface area contributed by atoms with Crippen molar-refractivity contribution in [3.63, 3.8) is 0 Å². The SMILES string of the molecule is Cc1ccc(NC(=O)c2nc(C(=O)NCCC(C)C)c3ccccn23)cc1C. The zero-order valence-electron chi connectivity index (χ0n) is 16.7. The van der Waals surface area contributed by atoms with Gasteiger partial charge in [-0.1, -0.05) is 26.0 Å². The molecule has 0 spiro atoms. The fraction of sp³-hybridized carbons (Fsp3) is 0.318. The quantitative estimate of drug-likeness (QED) is 0.681. The van der Waals surface area contributed by atoms with Gasteiger partial charge in [0.25, 0.3) is 11.8 Å². The van der Waals surface area contributed by atoms with Crippen molar-refractivity contribution in [3.05, 3.63) is 65.2 Å². The molecule has 2 N–H and O–H groups in total. The molecule has 0 saturated heterocycles. The van der Waals surface area contributed by atoms with Gasteiger partial charge < -0.3 is 10.6 Å². The molecule has 0 bridgehead atoms. The van der Waals surface area contributed by atoms with E-state index in [0.29, 0.717) is 23.7 Å². The van der Waals surface area contributed by atoms with Gasteiger partial charge in [-0.15, -0.1) is 0 Å². The smallest absolute Gasteiger partial charge is 0.292 e. The monoisotopic (exact) mass is 378 g/mol. The van der Waals surface area contributed by atoms with Crippen molar-refractivity contribution in [2.45, 2.75) is 34.1 Å². The lowest BCUT2D eigenvalue weighted by Crippen LogP contribution is -2.26. The third kappa shape index (κ3) is 4.22. The number of rotatable bonds is 6. The van der Waals surface area contributed by atoms with E-state index in [-0.39, 0.29) is 23.3 Å². The number of amides is 2. The summed E-state index contributed by atoms with van der Waals surface area (Å²) in [5.74, 6) is 0.0569. The minimum atomic E-state index is -0.356. The molecule has 2 heterocycles. The molecule has 0 aliphatic rings. The summed E-state index contributed by atoms with van der Waals surface area (Å²) in [7, 11) is 0. The van der Waals surface area contributed by atoms with Gasteiger partial charge in [0.05, 0.1) is 5.52 Å². The van der Waals surface area contributed by atoms with E-state index >= 15 is 0 Å². The minimum absolute atomic E-state index is 0.183. The Morgan fingerprint density at radius 2 is 1.86 bits per heavy atom. The summed E-state index contributed by atoms with van der Waals surface area (Å²) in [5, 5.41) is 5.77. The van der Waals surface area contributed by atoms with Crippen molar-refractivity contribution in [1.82, 2.24) is 14.7 Å². The highest BCUT2D eigenvalue weighted by molar-refractivity contribution is 6.06. The van der Waals surface area contributed by atoms with Gasteiger partial charge in [0.2, 0.25) is 5.82 Å². The molecular formula is C22H26N4O2. The molecular weight excluding hydrogens is 352 g/mol. The van der Waals surface area contributed by atoms with E-state index in [4.69, 9.17) is 0 Å². The lowest BCUT2D eigenvalue weighted by atomic mass is 10.1. The van der Waals surface area contributed by atoms with Crippen LogP contribution < -0.4 is 10.6 Å². The van der Waals surface area contributed by atoms with Crippen molar-refractivity contribution in [1.29, 1.82) is 0 Å². The molecule has 6 heteroatoms. The van der Waals surface area contributed by atoms with Crippen molar-refractivity contribution in [2.24, 2.45) is 5.92 Å². The molecule has 0 fully saturated rings. The Hall–Kier alpha value is -3.15. The molecule has 2 amide bonds. The Morgan fingerprint density at radius 1 is 1.07 bits per heavy atom. The fourth-order valence-corrected chi connectivity index (χ4v) is 2.93. The molecule has 6 nitrogen and oxygen atoms in total. The van der Waals surface area contributed by atoms with Crippen LogP contribution in [-0.2, 0) is 0 Å². The van der Waals surface area contributed by atoms with E-state index in [2.05, 4.69) is 29.5 Å². The minimum Gasteiger partial charge on any atom is -0.351 e. The molecule has 2 aromatic heterocycles. The summed E-state index contributed by atoms with van der Waals surface area (Å²) in [6.07, 6.45) is 2.63. The summed E-state index contributed by atoms with van der Waals surface area (Å²) in [5.41, 5.74) is 3.81. The molecule has 0 aliphatic heterocycles. The van der Waals surface area contributed by atoms with E-state index in [1.807, 2.05) is 44.2 Å². The summed E-state index contributed by atoms with van der Waals surface area (Å²) in [6, 6.07) is 11.2. The number of hydrogen-bond acceptors (Lipinski definition) is 3. The summed E-state index contributed by atoms with van der Waals surface area (Å²) >= 11 is 0. The second-order valence-electron chi connectivity index (χ2n) is 7.43. The first kappa shape index (κ1) is 19.6. The van der Waals surface area contributed by atoms with E-state index in [1.165, 1.54) is 0 Å². The number of aryl methyl sites for hydroxylation is 2. The maximum atomic E-state index is 12.8. The second-order valence-corrected chi connectivity index (χ2v) is 7.43. The highest BCUT2D eigenvalue weighted by atomic mass is 16.2. The molecule has 0 saturated carbocycles. The molecule has 146 valence electrons. The normalized spacial score (nSPS) is 11.0. The van der Waals surface area contributed by atoms with Crippen molar-refractivity contribution >= 4 is 23.0 Å². The van der Waals surface area contributed by atoms with E-state index in [9.17, 15) is 9.59 Å². The predicted octanol–water partition coefficient (Wildman–Crippen LogP) is 3.98. The number of nitrogens with one attached hydrogen (secondary N) is 2. The maximum Gasteiger partial charge on any atom is 0.292 e. The number of hydrogen-bond donors (Lipinski definition) is 2. The molecule has 0 aliphatic carbocycles. The Kier molecular flexibility index (Phi) is 5.78. The summed E-state index contributed by atoms with van der Waals surface area (Å²) in [6.45, 7) is 8.80. The zero-order valence-corrected chi connectivity index (χ0v) is 16.7. The molecule has 3 aromatic rings. The number of carbonyl (C=O) groups is 2. The standard InChI is InChI=1S/C22H26N4O2/c1-14(2)10-11-23-21(27)19-18-7-5-6-12-26(18)20(25-19)22(28)24-17-9-8-15(3)16(4)13-17/h5-9,12-14H,10-11H2,1-4H3,(H,23,27)(H,24,28). The van der Waals surface area contributed by atoms with E-state index in [1.54, 1.807) is 16.7 Å². The lowest BCUT2D eigenvalue weighted by Gasteiger charge is -2.07. The van der Waals surface area contributed by atoms with Crippen molar-refractivity contribution in [3.8, 4) is 0 Å². The first-order valence-corrected chi connectivity index (χ1v) is 9.50. The van der Waals surface area contributed by atoms with Crippen LogP contribution in [0, 0.1) is 19.8 Å². The average Bonchev–Trinajstić information content (AvgIpc) is 3.04. The van der Waals surface area contributed by atoms with Crippen LogP contribution in [-0.4, -0.2) is 27.7 Å². The fourth-order valence-electron chi connectivity index (χ4n) is 2.93. The number of carbonyl (C=O) groups excluding carboxylic acids is 2. The molecule has 1 aromatic carbocycles.